The quantitative estimate of drug-likeness (QED) is 0.496. The zero-order chi connectivity index (χ0) is 11.4. The largest absolute Gasteiger partial charge is 0.339 e. The molecule has 1 aliphatic rings. The Morgan fingerprint density at radius 2 is 2.31 bits per heavy atom. The Kier molecular flexibility index (Phi) is 3.62. The lowest BCUT2D eigenvalue weighted by Crippen LogP contribution is -2.47. The summed E-state index contributed by atoms with van der Waals surface area (Å²) in [5.41, 5.74) is 0. The molecule has 0 bridgehead atoms. The monoisotopic (exact) mass is 242 g/mol. The molecule has 2 heterocycles. The van der Waals surface area contributed by atoms with Gasteiger partial charge in [0.1, 0.15) is 6.33 Å². The summed E-state index contributed by atoms with van der Waals surface area (Å²) in [5, 5.41) is 11.2. The normalized spacial score (nSPS) is 16.4. The Balaban J connectivity index is 1.81. The number of hydrogen-bond acceptors (Lipinski definition) is 6. The molecule has 1 aliphatic heterocycles. The molecule has 3 N–H and O–H groups in total. The van der Waals surface area contributed by atoms with Gasteiger partial charge in [-0.15, -0.1) is 10.2 Å². The zero-order valence-electron chi connectivity index (χ0n) is 8.80. The minimum Gasteiger partial charge on any atom is -0.339 e. The molecule has 1 aromatic heterocycles. The van der Waals surface area contributed by atoms with Crippen LogP contribution in [-0.2, 0) is 4.79 Å². The number of nitrogens with two attached hydrogens (primary N) is 1. The summed E-state index contributed by atoms with van der Waals surface area (Å²) in [6, 6.07) is 0. The van der Waals surface area contributed by atoms with E-state index in [1.54, 1.807) is 0 Å². The molecule has 1 amide bonds. The van der Waals surface area contributed by atoms with Crippen molar-refractivity contribution in [1.82, 2.24) is 25.1 Å². The first-order valence-corrected chi connectivity index (χ1v) is 6.02. The van der Waals surface area contributed by atoms with E-state index in [0.717, 1.165) is 26.2 Å². The number of aromatic nitrogens is 3. The first kappa shape index (κ1) is 11.2. The molecular weight excluding hydrogens is 228 g/mol. The molecule has 0 aromatic carbocycles. The van der Waals surface area contributed by atoms with Gasteiger partial charge in [-0.1, -0.05) is 11.8 Å². The predicted octanol–water partition coefficient (Wildman–Crippen LogP) is -1.48. The van der Waals surface area contributed by atoms with Crippen molar-refractivity contribution >= 4 is 17.7 Å². The fraction of sp³-hybridized carbons (Fsp3) is 0.625. The molecular formula is C8H14N6OS. The van der Waals surface area contributed by atoms with Crippen molar-refractivity contribution in [2.45, 2.75) is 5.16 Å². The van der Waals surface area contributed by atoms with Crippen molar-refractivity contribution in [1.29, 1.82) is 0 Å². The van der Waals surface area contributed by atoms with Gasteiger partial charge in [0.2, 0.25) is 11.1 Å². The van der Waals surface area contributed by atoms with E-state index in [-0.39, 0.29) is 5.91 Å². The van der Waals surface area contributed by atoms with Crippen LogP contribution in [0.15, 0.2) is 11.5 Å². The van der Waals surface area contributed by atoms with Crippen molar-refractivity contribution in [3.63, 3.8) is 0 Å². The highest BCUT2D eigenvalue weighted by molar-refractivity contribution is 7.99. The number of carbonyl (C=O) groups is 1. The topological polar surface area (TPSA) is 89.1 Å². The summed E-state index contributed by atoms with van der Waals surface area (Å²) < 4.78 is 1.32. The summed E-state index contributed by atoms with van der Waals surface area (Å²) in [4.78, 5) is 13.6. The van der Waals surface area contributed by atoms with Gasteiger partial charge in [-0.3, -0.25) is 4.79 Å². The molecule has 88 valence electrons. The van der Waals surface area contributed by atoms with Crippen LogP contribution in [0.5, 0.6) is 0 Å². The smallest absolute Gasteiger partial charge is 0.233 e. The first-order valence-electron chi connectivity index (χ1n) is 5.04. The van der Waals surface area contributed by atoms with Crippen LogP contribution in [-0.4, -0.2) is 57.6 Å². The van der Waals surface area contributed by atoms with Gasteiger partial charge in [0.25, 0.3) is 0 Å². The Morgan fingerprint density at radius 3 is 2.94 bits per heavy atom. The average molecular weight is 242 g/mol. The fourth-order valence-electron chi connectivity index (χ4n) is 1.47. The third kappa shape index (κ3) is 2.64. The number of rotatable bonds is 3. The van der Waals surface area contributed by atoms with E-state index in [2.05, 4.69) is 15.5 Å². The summed E-state index contributed by atoms with van der Waals surface area (Å²) in [7, 11) is 0. The fourth-order valence-corrected chi connectivity index (χ4v) is 2.20. The predicted molar refractivity (Wildman–Crippen MR) is 60.3 cm³/mol. The van der Waals surface area contributed by atoms with Gasteiger partial charge in [-0.2, -0.15) is 0 Å². The van der Waals surface area contributed by atoms with Crippen molar-refractivity contribution in [3.05, 3.63) is 6.33 Å². The van der Waals surface area contributed by atoms with E-state index in [1.807, 2.05) is 4.90 Å². The number of nitrogen functional groups attached to an aromatic ring is 1. The van der Waals surface area contributed by atoms with Gasteiger partial charge >= 0.3 is 0 Å². The minimum atomic E-state index is 0.120. The van der Waals surface area contributed by atoms with Gasteiger partial charge in [-0.05, 0) is 0 Å². The lowest BCUT2D eigenvalue weighted by Gasteiger charge is -2.27. The maximum Gasteiger partial charge on any atom is 0.233 e. The Hall–Kier alpha value is -1.28. The molecule has 16 heavy (non-hydrogen) atoms. The number of piperazine rings is 1. The Labute approximate surface area is 97.3 Å². The lowest BCUT2D eigenvalue weighted by atomic mass is 10.3. The van der Waals surface area contributed by atoms with Crippen LogP contribution in [0.25, 0.3) is 0 Å². The number of nitrogens with one attached hydrogen (secondary N) is 1. The Bertz CT molecular complexity index is 361. The van der Waals surface area contributed by atoms with Gasteiger partial charge < -0.3 is 16.1 Å². The summed E-state index contributed by atoms with van der Waals surface area (Å²) in [6.07, 6.45) is 1.41. The average Bonchev–Trinajstić information content (AvgIpc) is 2.73. The van der Waals surface area contributed by atoms with Crippen molar-refractivity contribution in [3.8, 4) is 0 Å². The molecule has 0 unspecified atom stereocenters. The molecule has 7 nitrogen and oxygen atoms in total. The van der Waals surface area contributed by atoms with Crippen LogP contribution in [0.3, 0.4) is 0 Å². The molecule has 0 saturated carbocycles. The van der Waals surface area contributed by atoms with Crippen LogP contribution in [0.1, 0.15) is 0 Å². The van der Waals surface area contributed by atoms with Crippen LogP contribution < -0.4 is 11.2 Å². The molecule has 0 radical (unpaired) electrons. The van der Waals surface area contributed by atoms with E-state index in [9.17, 15) is 4.79 Å². The summed E-state index contributed by atoms with van der Waals surface area (Å²) >= 11 is 1.31. The van der Waals surface area contributed by atoms with Gasteiger partial charge in [0, 0.05) is 26.2 Å². The third-order valence-electron chi connectivity index (χ3n) is 2.33. The zero-order valence-corrected chi connectivity index (χ0v) is 9.61. The van der Waals surface area contributed by atoms with Gasteiger partial charge in [0.05, 0.1) is 5.75 Å². The molecule has 2 rings (SSSR count). The first-order chi connectivity index (χ1) is 7.77. The molecule has 8 heteroatoms. The van der Waals surface area contributed by atoms with Crippen LogP contribution in [0, 0.1) is 0 Å². The molecule has 0 aliphatic carbocycles. The van der Waals surface area contributed by atoms with Crippen molar-refractivity contribution < 1.29 is 4.79 Å². The standard InChI is InChI=1S/C8H14N6OS/c9-14-6-11-12-8(14)16-5-7(15)13-3-1-10-2-4-13/h6,10H,1-5,9H2. The molecule has 0 atom stereocenters. The number of hydrogen-bond donors (Lipinski definition) is 2. The highest BCUT2D eigenvalue weighted by Crippen LogP contribution is 2.13. The number of amides is 1. The number of thioether (sulfide) groups is 1. The van der Waals surface area contributed by atoms with Crippen LogP contribution in [0.2, 0.25) is 0 Å². The van der Waals surface area contributed by atoms with Gasteiger partial charge in [-0.25, -0.2) is 4.68 Å². The van der Waals surface area contributed by atoms with Crippen molar-refractivity contribution in [2.75, 3.05) is 37.8 Å². The molecule has 0 spiro atoms. The molecule has 1 aromatic rings. The van der Waals surface area contributed by atoms with E-state index < -0.39 is 0 Å². The maximum atomic E-state index is 11.8. The van der Waals surface area contributed by atoms with Crippen LogP contribution >= 0.6 is 11.8 Å². The summed E-state index contributed by atoms with van der Waals surface area (Å²) in [5.74, 6) is 6.02. The molecule has 1 saturated heterocycles. The SMILES string of the molecule is Nn1cnnc1SCC(=O)N1CCNCC1. The van der Waals surface area contributed by atoms with E-state index in [4.69, 9.17) is 5.84 Å². The Morgan fingerprint density at radius 1 is 1.56 bits per heavy atom. The molecule has 1 fully saturated rings. The maximum absolute atomic E-state index is 11.8. The summed E-state index contributed by atoms with van der Waals surface area (Å²) in [6.45, 7) is 3.27. The van der Waals surface area contributed by atoms with Gasteiger partial charge in [0.15, 0.2) is 0 Å². The number of carbonyl (C=O) groups excluding carboxylic acids is 1. The minimum absolute atomic E-state index is 0.120. The second-order valence-corrected chi connectivity index (χ2v) is 4.38. The van der Waals surface area contributed by atoms with Crippen LogP contribution in [0.4, 0.5) is 0 Å². The van der Waals surface area contributed by atoms with E-state index in [1.165, 1.54) is 22.8 Å². The number of nitrogens with zero attached hydrogens (tertiary/aromatic N) is 4. The highest BCUT2D eigenvalue weighted by atomic mass is 32.2. The lowest BCUT2D eigenvalue weighted by molar-refractivity contribution is -0.128. The highest BCUT2D eigenvalue weighted by Gasteiger charge is 2.16. The van der Waals surface area contributed by atoms with Crippen molar-refractivity contribution in [2.24, 2.45) is 0 Å². The van der Waals surface area contributed by atoms with E-state index >= 15 is 0 Å². The third-order valence-corrected chi connectivity index (χ3v) is 3.28. The second-order valence-electron chi connectivity index (χ2n) is 3.44. The van der Waals surface area contributed by atoms with E-state index in [0.29, 0.717) is 10.9 Å². The second kappa shape index (κ2) is 5.17.